The molecule has 1 saturated heterocycles. The van der Waals surface area contributed by atoms with E-state index in [1.807, 2.05) is 25.5 Å². The molecule has 0 aromatic carbocycles. The summed E-state index contributed by atoms with van der Waals surface area (Å²) in [6, 6.07) is -0.104. The lowest BCUT2D eigenvalue weighted by atomic mass is 10.0. The number of aromatic nitrogens is 3. The second-order valence-corrected chi connectivity index (χ2v) is 8.67. The Kier molecular flexibility index (Phi) is 4.33. The van der Waals surface area contributed by atoms with E-state index in [-0.39, 0.29) is 11.8 Å². The van der Waals surface area contributed by atoms with Gasteiger partial charge < -0.3 is 0 Å². The van der Waals surface area contributed by atoms with Crippen molar-refractivity contribution in [1.29, 1.82) is 0 Å². The normalized spacial score (nSPS) is 20.4. The Labute approximate surface area is 134 Å². The van der Waals surface area contributed by atoms with Crippen LogP contribution in [0.2, 0.25) is 0 Å². The summed E-state index contributed by atoms with van der Waals surface area (Å²) < 4.78 is 29.0. The summed E-state index contributed by atoms with van der Waals surface area (Å²) in [4.78, 5) is 4.29. The van der Waals surface area contributed by atoms with E-state index in [2.05, 4.69) is 10.1 Å². The van der Waals surface area contributed by atoms with Gasteiger partial charge in [-0.1, -0.05) is 6.42 Å². The Morgan fingerprint density at radius 1 is 1.41 bits per heavy atom. The van der Waals surface area contributed by atoms with Crippen molar-refractivity contribution in [2.75, 3.05) is 6.54 Å². The van der Waals surface area contributed by atoms with E-state index in [1.165, 1.54) is 11.3 Å². The van der Waals surface area contributed by atoms with Crippen LogP contribution in [0.25, 0.3) is 0 Å². The summed E-state index contributed by atoms with van der Waals surface area (Å²) in [5.74, 6) is -0.0197. The van der Waals surface area contributed by atoms with Gasteiger partial charge in [0.05, 0.1) is 22.9 Å². The zero-order valence-corrected chi connectivity index (χ0v) is 14.4. The molecule has 1 unspecified atom stereocenters. The number of nitrogens with zero attached hydrogens (tertiary/aromatic N) is 4. The van der Waals surface area contributed by atoms with Gasteiger partial charge in [0, 0.05) is 30.7 Å². The Morgan fingerprint density at radius 2 is 2.23 bits per heavy atom. The first-order valence-electron chi connectivity index (χ1n) is 7.35. The lowest BCUT2D eigenvalue weighted by molar-refractivity contribution is 0.255. The zero-order chi connectivity index (χ0) is 15.7. The van der Waals surface area contributed by atoms with E-state index in [4.69, 9.17) is 0 Å². The number of hydrogen-bond donors (Lipinski definition) is 0. The minimum absolute atomic E-state index is 0.0197. The van der Waals surface area contributed by atoms with Crippen LogP contribution in [-0.2, 0) is 22.8 Å². The van der Waals surface area contributed by atoms with E-state index >= 15 is 0 Å². The number of hydrogen-bond acceptors (Lipinski definition) is 5. The van der Waals surface area contributed by atoms with Crippen molar-refractivity contribution in [3.63, 3.8) is 0 Å². The predicted molar refractivity (Wildman–Crippen MR) is 86.0 cm³/mol. The molecule has 22 heavy (non-hydrogen) atoms. The highest BCUT2D eigenvalue weighted by molar-refractivity contribution is 7.88. The fraction of sp³-hybridized carbons (Fsp3) is 0.571. The van der Waals surface area contributed by atoms with Crippen LogP contribution in [0.1, 0.15) is 41.6 Å². The summed E-state index contributed by atoms with van der Waals surface area (Å²) in [7, 11) is -1.52. The van der Waals surface area contributed by atoms with Gasteiger partial charge in [-0.2, -0.15) is 9.40 Å². The Hall–Kier alpha value is -1.25. The van der Waals surface area contributed by atoms with E-state index in [0.717, 1.165) is 29.8 Å². The monoisotopic (exact) mass is 340 g/mol. The molecule has 2 aromatic rings. The van der Waals surface area contributed by atoms with Gasteiger partial charge in [0.25, 0.3) is 0 Å². The first-order valence-corrected chi connectivity index (χ1v) is 9.83. The van der Waals surface area contributed by atoms with Crippen LogP contribution in [-0.4, -0.2) is 34.0 Å². The summed E-state index contributed by atoms with van der Waals surface area (Å²) in [5, 5.41) is 6.91. The van der Waals surface area contributed by atoms with Crippen molar-refractivity contribution in [2.24, 2.45) is 7.05 Å². The number of aryl methyl sites for hydroxylation is 2. The standard InChI is InChI=1S/C14H20N4O2S2/c1-11-16-13(9-21-11)10-22(19,20)18-6-4-3-5-14(18)12-7-15-17(2)8-12/h7-9,14H,3-6,10H2,1-2H3. The molecule has 1 aliphatic rings. The molecule has 0 bridgehead atoms. The van der Waals surface area contributed by atoms with E-state index < -0.39 is 10.0 Å². The van der Waals surface area contributed by atoms with Crippen molar-refractivity contribution in [3.8, 4) is 0 Å². The second-order valence-electron chi connectivity index (χ2n) is 5.68. The van der Waals surface area contributed by atoms with Crippen molar-refractivity contribution in [1.82, 2.24) is 19.1 Å². The molecule has 0 radical (unpaired) electrons. The van der Waals surface area contributed by atoms with Gasteiger partial charge >= 0.3 is 0 Å². The van der Waals surface area contributed by atoms with Crippen LogP contribution in [0.5, 0.6) is 0 Å². The molecule has 8 heteroatoms. The molecule has 3 rings (SSSR count). The Balaban J connectivity index is 1.86. The van der Waals surface area contributed by atoms with Gasteiger partial charge in [0.2, 0.25) is 10.0 Å². The van der Waals surface area contributed by atoms with Crippen LogP contribution in [0.4, 0.5) is 0 Å². The fourth-order valence-electron chi connectivity index (χ4n) is 2.93. The average molecular weight is 340 g/mol. The maximum Gasteiger partial charge on any atom is 0.220 e. The van der Waals surface area contributed by atoms with Gasteiger partial charge in [-0.3, -0.25) is 4.68 Å². The first-order chi connectivity index (χ1) is 10.5. The molecular formula is C14H20N4O2S2. The molecular weight excluding hydrogens is 320 g/mol. The SMILES string of the molecule is Cc1nc(CS(=O)(=O)N2CCCCC2c2cnn(C)c2)cs1. The second kappa shape index (κ2) is 6.10. The van der Waals surface area contributed by atoms with Crippen molar-refractivity contribution >= 4 is 21.4 Å². The molecule has 1 atom stereocenters. The zero-order valence-electron chi connectivity index (χ0n) is 12.8. The van der Waals surface area contributed by atoms with E-state index in [1.54, 1.807) is 15.2 Å². The van der Waals surface area contributed by atoms with Gasteiger partial charge in [0.15, 0.2) is 0 Å². The van der Waals surface area contributed by atoms with Gasteiger partial charge in [-0.05, 0) is 19.8 Å². The number of thiazole rings is 1. The molecule has 0 amide bonds. The first kappa shape index (κ1) is 15.6. The van der Waals surface area contributed by atoms with Crippen molar-refractivity contribution in [2.45, 2.75) is 38.0 Å². The van der Waals surface area contributed by atoms with Crippen molar-refractivity contribution < 1.29 is 8.42 Å². The smallest absolute Gasteiger partial charge is 0.220 e. The lowest BCUT2D eigenvalue weighted by Crippen LogP contribution is -2.39. The summed E-state index contributed by atoms with van der Waals surface area (Å²) in [6.07, 6.45) is 6.48. The summed E-state index contributed by atoms with van der Waals surface area (Å²) in [5.41, 5.74) is 1.61. The van der Waals surface area contributed by atoms with E-state index in [0.29, 0.717) is 12.2 Å². The maximum atomic E-state index is 12.8. The van der Waals surface area contributed by atoms with Crippen molar-refractivity contribution in [3.05, 3.63) is 34.0 Å². The van der Waals surface area contributed by atoms with Gasteiger partial charge in [-0.15, -0.1) is 11.3 Å². The number of rotatable bonds is 4. The molecule has 2 aromatic heterocycles. The van der Waals surface area contributed by atoms with Crippen LogP contribution in [0.15, 0.2) is 17.8 Å². The van der Waals surface area contributed by atoms with Crippen LogP contribution >= 0.6 is 11.3 Å². The van der Waals surface area contributed by atoms with Crippen LogP contribution in [0, 0.1) is 6.92 Å². The van der Waals surface area contributed by atoms with Crippen LogP contribution < -0.4 is 0 Å². The van der Waals surface area contributed by atoms with Crippen LogP contribution in [0.3, 0.4) is 0 Å². The Morgan fingerprint density at radius 3 is 2.86 bits per heavy atom. The molecule has 0 aliphatic carbocycles. The Bertz CT molecular complexity index is 750. The molecule has 120 valence electrons. The van der Waals surface area contributed by atoms with Gasteiger partial charge in [-0.25, -0.2) is 13.4 Å². The highest BCUT2D eigenvalue weighted by Crippen LogP contribution is 2.33. The maximum absolute atomic E-state index is 12.8. The molecule has 0 saturated carbocycles. The molecule has 0 N–H and O–H groups in total. The predicted octanol–water partition coefficient (Wildman–Crippen LogP) is 2.24. The minimum Gasteiger partial charge on any atom is -0.275 e. The van der Waals surface area contributed by atoms with E-state index in [9.17, 15) is 8.42 Å². The quantitative estimate of drug-likeness (QED) is 0.856. The molecule has 1 aliphatic heterocycles. The highest BCUT2D eigenvalue weighted by atomic mass is 32.2. The van der Waals surface area contributed by atoms with Gasteiger partial charge in [0.1, 0.15) is 5.75 Å². The number of piperidine rings is 1. The average Bonchev–Trinajstić information content (AvgIpc) is 3.07. The largest absolute Gasteiger partial charge is 0.275 e. The minimum atomic E-state index is -3.37. The molecule has 6 nitrogen and oxygen atoms in total. The third-order valence-electron chi connectivity index (χ3n) is 3.92. The third-order valence-corrected chi connectivity index (χ3v) is 6.55. The lowest BCUT2D eigenvalue weighted by Gasteiger charge is -2.34. The molecule has 3 heterocycles. The summed E-state index contributed by atoms with van der Waals surface area (Å²) in [6.45, 7) is 2.46. The fourth-order valence-corrected chi connectivity index (χ4v) is 5.36. The topological polar surface area (TPSA) is 68.1 Å². The summed E-state index contributed by atoms with van der Waals surface area (Å²) >= 11 is 1.48. The third kappa shape index (κ3) is 3.23. The molecule has 0 spiro atoms. The highest BCUT2D eigenvalue weighted by Gasteiger charge is 2.34. The molecule has 1 fully saturated rings. The number of sulfonamides is 1.